The van der Waals surface area contributed by atoms with Crippen LogP contribution in [0.15, 0.2) is 87.6 Å². The molecule has 4 nitrogen and oxygen atoms in total. The minimum absolute atomic E-state index is 0.104. The minimum atomic E-state index is -3.98. The molecule has 1 N–H and O–H groups in total. The first kappa shape index (κ1) is 23.6. The molecule has 3 aromatic carbocycles. The molecule has 0 aliphatic carbocycles. The van der Waals surface area contributed by atoms with Gasteiger partial charge >= 0.3 is 0 Å². The fourth-order valence-corrected chi connectivity index (χ4v) is 5.99. The number of rotatable bonds is 8. The number of nitriles is 1. The molecule has 0 unspecified atom stereocenters. The molecule has 0 radical (unpaired) electrons. The van der Waals surface area contributed by atoms with Gasteiger partial charge in [-0.2, -0.15) is 5.26 Å². The highest BCUT2D eigenvalue weighted by atomic mass is 32.2. The molecule has 0 aliphatic rings. The van der Waals surface area contributed by atoms with Crippen molar-refractivity contribution in [3.05, 3.63) is 105 Å². The Labute approximate surface area is 194 Å². The number of thioether (sulfide) groups is 1. The van der Waals surface area contributed by atoms with Gasteiger partial charge in [-0.3, -0.25) is 0 Å². The van der Waals surface area contributed by atoms with Crippen LogP contribution >= 0.6 is 11.8 Å². The van der Waals surface area contributed by atoms with Crippen molar-refractivity contribution in [3.63, 3.8) is 0 Å². The molecule has 0 aliphatic heterocycles. The van der Waals surface area contributed by atoms with E-state index in [9.17, 15) is 13.7 Å². The van der Waals surface area contributed by atoms with E-state index in [-0.39, 0.29) is 9.80 Å². The number of hydrogen-bond acceptors (Lipinski definition) is 5. The first-order valence-electron chi connectivity index (χ1n) is 10.4. The third-order valence-electron chi connectivity index (χ3n) is 5.24. The van der Waals surface area contributed by atoms with Crippen molar-refractivity contribution in [3.8, 4) is 6.07 Å². The van der Waals surface area contributed by atoms with E-state index in [0.29, 0.717) is 10.8 Å². The van der Waals surface area contributed by atoms with E-state index in [4.69, 9.17) is 0 Å². The fraction of sp³-hybridized carbons (Fsp3) is 0.192. The molecule has 164 valence electrons. The standard InChI is InChI=1S/C26H26N2O2S2/c1-4-21-14-10-12-20(3)25(21)28-26(31-18-22-13-9-8-11-19(22)2)24(17-27)32(29,30)23-15-6-5-7-16-23/h5-16,28H,4,18H2,1-3H3/b26-24+. The number of allylic oxidation sites excluding steroid dienone is 1. The Hall–Kier alpha value is -3.01. The van der Waals surface area contributed by atoms with E-state index in [0.717, 1.165) is 34.4 Å². The highest BCUT2D eigenvalue weighted by Crippen LogP contribution is 2.34. The molecule has 0 spiro atoms. The van der Waals surface area contributed by atoms with Crippen LogP contribution in [0.25, 0.3) is 0 Å². The lowest BCUT2D eigenvalue weighted by Gasteiger charge is -2.18. The van der Waals surface area contributed by atoms with Crippen LogP contribution < -0.4 is 5.32 Å². The number of nitrogens with zero attached hydrogens (tertiary/aromatic N) is 1. The molecule has 0 amide bonds. The molecule has 0 saturated heterocycles. The van der Waals surface area contributed by atoms with Crippen molar-refractivity contribution in [2.24, 2.45) is 0 Å². The van der Waals surface area contributed by atoms with Crippen molar-refractivity contribution in [2.45, 2.75) is 37.8 Å². The Morgan fingerprint density at radius 3 is 2.19 bits per heavy atom. The summed E-state index contributed by atoms with van der Waals surface area (Å²) in [6.45, 7) is 6.05. The molecule has 32 heavy (non-hydrogen) atoms. The zero-order valence-corrected chi connectivity index (χ0v) is 20.1. The SMILES string of the molecule is CCc1cccc(C)c1N/C(SCc1ccccc1C)=C(/C#N)S(=O)(=O)c1ccccc1. The van der Waals surface area contributed by atoms with Gasteiger partial charge in [0.15, 0.2) is 4.91 Å². The molecule has 0 bridgehead atoms. The minimum Gasteiger partial charge on any atom is -0.348 e. The second-order valence-electron chi connectivity index (χ2n) is 7.39. The van der Waals surface area contributed by atoms with E-state index in [1.165, 1.54) is 23.9 Å². The van der Waals surface area contributed by atoms with Gasteiger partial charge in [0.25, 0.3) is 0 Å². The van der Waals surface area contributed by atoms with Gasteiger partial charge in [0.2, 0.25) is 9.84 Å². The topological polar surface area (TPSA) is 70.0 Å². The first-order chi connectivity index (χ1) is 15.4. The summed E-state index contributed by atoms with van der Waals surface area (Å²) in [4.78, 5) is -0.166. The number of benzene rings is 3. The van der Waals surface area contributed by atoms with Crippen molar-refractivity contribution in [1.82, 2.24) is 0 Å². The molecule has 6 heteroatoms. The van der Waals surface area contributed by atoms with Crippen molar-refractivity contribution >= 4 is 27.3 Å². The summed E-state index contributed by atoms with van der Waals surface area (Å²) in [7, 11) is -3.98. The van der Waals surface area contributed by atoms with Crippen LogP contribution in [0.4, 0.5) is 5.69 Å². The van der Waals surface area contributed by atoms with Gasteiger partial charge in [0.05, 0.1) is 4.90 Å². The predicted molar refractivity (Wildman–Crippen MR) is 133 cm³/mol. The molecule has 0 aromatic heterocycles. The van der Waals surface area contributed by atoms with Gasteiger partial charge in [0, 0.05) is 11.4 Å². The van der Waals surface area contributed by atoms with Crippen molar-refractivity contribution in [2.75, 3.05) is 5.32 Å². The fourth-order valence-electron chi connectivity index (χ4n) is 3.35. The molecule has 0 saturated carbocycles. The quantitative estimate of drug-likeness (QED) is 0.394. The zero-order valence-electron chi connectivity index (χ0n) is 18.4. The van der Waals surface area contributed by atoms with Crippen LogP contribution in [0.2, 0.25) is 0 Å². The Kier molecular flexibility index (Phi) is 7.79. The average Bonchev–Trinajstić information content (AvgIpc) is 2.80. The third-order valence-corrected chi connectivity index (χ3v) is 8.15. The third kappa shape index (κ3) is 5.24. The number of anilines is 1. The molecule has 0 atom stereocenters. The summed E-state index contributed by atoms with van der Waals surface area (Å²) < 4.78 is 26.8. The van der Waals surface area contributed by atoms with Crippen LogP contribution in [0.1, 0.15) is 29.2 Å². The van der Waals surface area contributed by atoms with Crippen molar-refractivity contribution in [1.29, 1.82) is 5.26 Å². The maximum absolute atomic E-state index is 13.4. The Bertz CT molecular complexity index is 1270. The summed E-state index contributed by atoms with van der Waals surface area (Å²) in [6, 6.07) is 24.0. The van der Waals surface area contributed by atoms with E-state index >= 15 is 0 Å². The molecular formula is C26H26N2O2S2. The first-order valence-corrected chi connectivity index (χ1v) is 12.8. The molecule has 0 heterocycles. The molecule has 0 fully saturated rings. The maximum Gasteiger partial charge on any atom is 0.219 e. The van der Waals surface area contributed by atoms with Gasteiger partial charge in [0.1, 0.15) is 11.1 Å². The highest BCUT2D eigenvalue weighted by Gasteiger charge is 2.26. The van der Waals surface area contributed by atoms with Crippen LogP contribution in [-0.2, 0) is 22.0 Å². The Morgan fingerprint density at radius 1 is 0.906 bits per heavy atom. The largest absolute Gasteiger partial charge is 0.348 e. The van der Waals surface area contributed by atoms with Gasteiger partial charge in [-0.15, -0.1) is 11.8 Å². The van der Waals surface area contributed by atoms with E-state index in [1.54, 1.807) is 18.2 Å². The van der Waals surface area contributed by atoms with Crippen molar-refractivity contribution < 1.29 is 8.42 Å². The molecule has 3 rings (SSSR count). The summed E-state index contributed by atoms with van der Waals surface area (Å²) in [5, 5.41) is 13.6. The predicted octanol–water partition coefficient (Wildman–Crippen LogP) is 6.38. The number of aryl methyl sites for hydroxylation is 3. The number of sulfone groups is 1. The van der Waals surface area contributed by atoms with Gasteiger partial charge < -0.3 is 5.32 Å². The second-order valence-corrected chi connectivity index (χ2v) is 10.3. The van der Waals surface area contributed by atoms with Crippen LogP contribution in [0.5, 0.6) is 0 Å². The molecular weight excluding hydrogens is 436 g/mol. The lowest BCUT2D eigenvalue weighted by Crippen LogP contribution is -2.11. The van der Waals surface area contributed by atoms with Gasteiger partial charge in [-0.05, 0) is 54.7 Å². The normalized spacial score (nSPS) is 12.1. The van der Waals surface area contributed by atoms with Crippen LogP contribution in [-0.4, -0.2) is 8.42 Å². The number of para-hydroxylation sites is 1. The smallest absolute Gasteiger partial charge is 0.219 e. The van der Waals surface area contributed by atoms with Crippen LogP contribution in [0.3, 0.4) is 0 Å². The lowest BCUT2D eigenvalue weighted by molar-refractivity contribution is 0.603. The summed E-state index contributed by atoms with van der Waals surface area (Å²) in [5.41, 5.74) is 5.11. The summed E-state index contributed by atoms with van der Waals surface area (Å²) >= 11 is 1.33. The Morgan fingerprint density at radius 2 is 1.53 bits per heavy atom. The summed E-state index contributed by atoms with van der Waals surface area (Å²) in [5.74, 6) is 0.540. The van der Waals surface area contributed by atoms with Gasteiger partial charge in [-0.25, -0.2) is 8.42 Å². The monoisotopic (exact) mass is 462 g/mol. The number of nitrogens with one attached hydrogen (secondary N) is 1. The summed E-state index contributed by atoms with van der Waals surface area (Å²) in [6.07, 6.45) is 0.785. The van der Waals surface area contributed by atoms with Gasteiger partial charge in [-0.1, -0.05) is 67.6 Å². The van der Waals surface area contributed by atoms with Crippen LogP contribution in [0, 0.1) is 25.2 Å². The lowest BCUT2D eigenvalue weighted by atomic mass is 10.1. The average molecular weight is 463 g/mol. The Balaban J connectivity index is 2.12. The second kappa shape index (κ2) is 10.5. The number of hydrogen-bond donors (Lipinski definition) is 1. The molecule has 3 aromatic rings. The maximum atomic E-state index is 13.4. The van der Waals surface area contributed by atoms with E-state index in [2.05, 4.69) is 12.2 Å². The van der Waals surface area contributed by atoms with E-state index < -0.39 is 9.84 Å². The van der Waals surface area contributed by atoms with E-state index in [1.807, 2.05) is 62.4 Å². The zero-order chi connectivity index (χ0) is 23.1. The highest BCUT2D eigenvalue weighted by molar-refractivity contribution is 8.04.